The first-order valence-electron chi connectivity index (χ1n) is 13.0. The number of nitrogens with one attached hydrogen (secondary N) is 1. The van der Waals surface area contributed by atoms with Crippen LogP contribution in [-0.2, 0) is 22.6 Å². The molecule has 5 nitrogen and oxygen atoms in total. The molecule has 0 aliphatic heterocycles. The molecule has 0 aliphatic carbocycles. The van der Waals surface area contributed by atoms with Crippen molar-refractivity contribution in [2.75, 3.05) is 13.2 Å². The number of halogens is 2. The number of amides is 2. The Morgan fingerprint density at radius 1 is 0.923 bits per heavy atom. The Bertz CT molecular complexity index is 1430. The third kappa shape index (κ3) is 7.45. The Balaban J connectivity index is 1.64. The summed E-state index contributed by atoms with van der Waals surface area (Å²) in [4.78, 5) is 28.7. The summed E-state index contributed by atoms with van der Waals surface area (Å²) in [6.07, 6.45) is 0.282. The van der Waals surface area contributed by atoms with Crippen molar-refractivity contribution in [3.05, 3.63) is 112 Å². The van der Waals surface area contributed by atoms with Crippen LogP contribution in [0.1, 0.15) is 25.0 Å². The van der Waals surface area contributed by atoms with Gasteiger partial charge in [0.2, 0.25) is 5.91 Å². The molecule has 39 heavy (non-hydrogen) atoms. The molecule has 0 aromatic heterocycles. The number of benzene rings is 4. The maximum Gasteiger partial charge on any atom is 0.261 e. The van der Waals surface area contributed by atoms with Crippen molar-refractivity contribution in [3.63, 3.8) is 0 Å². The highest BCUT2D eigenvalue weighted by atomic mass is 79.9. The van der Waals surface area contributed by atoms with Gasteiger partial charge in [0.05, 0.1) is 4.47 Å². The lowest BCUT2D eigenvalue weighted by Gasteiger charge is -2.32. The minimum Gasteiger partial charge on any atom is -0.483 e. The van der Waals surface area contributed by atoms with E-state index in [9.17, 15) is 14.0 Å². The highest BCUT2D eigenvalue weighted by Crippen LogP contribution is 2.33. The van der Waals surface area contributed by atoms with E-state index >= 15 is 0 Å². The molecule has 2 amide bonds. The van der Waals surface area contributed by atoms with Crippen LogP contribution in [0.15, 0.2) is 95.5 Å². The normalized spacial score (nSPS) is 11.8. The largest absolute Gasteiger partial charge is 0.483 e. The predicted molar refractivity (Wildman–Crippen MR) is 156 cm³/mol. The zero-order valence-corrected chi connectivity index (χ0v) is 23.7. The smallest absolute Gasteiger partial charge is 0.261 e. The second-order valence-electron chi connectivity index (χ2n) is 9.85. The Morgan fingerprint density at radius 2 is 1.62 bits per heavy atom. The maximum absolute atomic E-state index is 14.7. The molecule has 0 unspecified atom stereocenters. The van der Waals surface area contributed by atoms with Gasteiger partial charge >= 0.3 is 0 Å². The summed E-state index contributed by atoms with van der Waals surface area (Å²) >= 11 is 3.60. The first kappa shape index (κ1) is 28.3. The number of ether oxygens (including phenoxy) is 1. The van der Waals surface area contributed by atoms with Gasteiger partial charge in [0.15, 0.2) is 6.61 Å². The zero-order valence-electron chi connectivity index (χ0n) is 22.1. The number of fused-ring (bicyclic) bond motifs is 1. The van der Waals surface area contributed by atoms with Crippen LogP contribution < -0.4 is 10.1 Å². The Hall–Kier alpha value is -3.71. The average Bonchev–Trinajstić information content (AvgIpc) is 2.94. The van der Waals surface area contributed by atoms with Crippen LogP contribution in [0.2, 0.25) is 0 Å². The molecule has 4 aromatic carbocycles. The van der Waals surface area contributed by atoms with E-state index in [1.54, 1.807) is 24.3 Å². The summed E-state index contributed by atoms with van der Waals surface area (Å²) in [5.74, 6) is -0.398. The summed E-state index contributed by atoms with van der Waals surface area (Å²) < 4.78 is 21.4. The standard InChI is InChI=1S/C32H32BrFN2O3/c1-22(2)19-35-32(38)28(18-23-10-4-3-5-11-23)36(20-25-13-7-9-15-27(25)34)30(37)21-39-29-17-16-24-12-6-8-14-26(24)31(29)33/h3-17,22,28H,18-21H2,1-2H3,(H,35,38)/t28-/m0/s1. The van der Waals surface area contributed by atoms with Crippen LogP contribution in [0.3, 0.4) is 0 Å². The van der Waals surface area contributed by atoms with E-state index in [0.717, 1.165) is 20.8 Å². The molecule has 4 aromatic rings. The van der Waals surface area contributed by atoms with Crippen LogP contribution >= 0.6 is 15.9 Å². The lowest BCUT2D eigenvalue weighted by molar-refractivity contribution is -0.142. The fourth-order valence-corrected chi connectivity index (χ4v) is 4.94. The summed E-state index contributed by atoms with van der Waals surface area (Å²) in [6, 6.07) is 26.5. The van der Waals surface area contributed by atoms with Gasteiger partial charge in [-0.2, -0.15) is 0 Å². The molecule has 0 aliphatic rings. The molecule has 4 rings (SSSR count). The minimum atomic E-state index is -0.859. The third-order valence-electron chi connectivity index (χ3n) is 6.43. The monoisotopic (exact) mass is 590 g/mol. The van der Waals surface area contributed by atoms with E-state index in [4.69, 9.17) is 4.74 Å². The van der Waals surface area contributed by atoms with Gasteiger partial charge < -0.3 is 15.0 Å². The number of hydrogen-bond donors (Lipinski definition) is 1. The first-order chi connectivity index (χ1) is 18.8. The topological polar surface area (TPSA) is 58.6 Å². The van der Waals surface area contributed by atoms with Crippen molar-refractivity contribution in [3.8, 4) is 5.75 Å². The van der Waals surface area contributed by atoms with Crippen molar-refractivity contribution in [1.29, 1.82) is 0 Å². The van der Waals surface area contributed by atoms with E-state index in [0.29, 0.717) is 17.9 Å². The lowest BCUT2D eigenvalue weighted by Crippen LogP contribution is -2.52. The van der Waals surface area contributed by atoms with E-state index in [2.05, 4.69) is 21.2 Å². The molecule has 7 heteroatoms. The second kappa shape index (κ2) is 13.4. The quantitative estimate of drug-likeness (QED) is 0.216. The molecule has 0 fully saturated rings. The molecule has 1 atom stereocenters. The Morgan fingerprint density at radius 3 is 2.36 bits per heavy atom. The summed E-state index contributed by atoms with van der Waals surface area (Å²) in [5.41, 5.74) is 1.22. The van der Waals surface area contributed by atoms with Crippen LogP contribution in [0.5, 0.6) is 5.75 Å². The highest BCUT2D eigenvalue weighted by molar-refractivity contribution is 9.10. The van der Waals surface area contributed by atoms with Gasteiger partial charge in [-0.15, -0.1) is 0 Å². The Labute approximate surface area is 237 Å². The molecule has 202 valence electrons. The molecule has 0 spiro atoms. The molecule has 0 saturated carbocycles. The first-order valence-corrected chi connectivity index (χ1v) is 13.8. The Kier molecular flexibility index (Phi) is 9.71. The molecular weight excluding hydrogens is 559 g/mol. The number of hydrogen-bond acceptors (Lipinski definition) is 3. The maximum atomic E-state index is 14.7. The van der Waals surface area contributed by atoms with E-state index in [1.807, 2.05) is 74.5 Å². The average molecular weight is 592 g/mol. The lowest BCUT2D eigenvalue weighted by atomic mass is 10.0. The van der Waals surface area contributed by atoms with Crippen molar-refractivity contribution in [2.24, 2.45) is 5.92 Å². The van der Waals surface area contributed by atoms with E-state index < -0.39 is 17.8 Å². The number of carbonyl (C=O) groups is 2. The SMILES string of the molecule is CC(C)CNC(=O)[C@H](Cc1ccccc1)N(Cc1ccccc1F)C(=O)COc1ccc2ccccc2c1Br. The van der Waals surface area contributed by atoms with Crippen LogP contribution in [0.25, 0.3) is 10.8 Å². The zero-order chi connectivity index (χ0) is 27.8. The molecule has 0 heterocycles. The molecule has 0 radical (unpaired) electrons. The van der Waals surface area contributed by atoms with Gasteiger partial charge in [-0.25, -0.2) is 4.39 Å². The predicted octanol–water partition coefficient (Wildman–Crippen LogP) is 6.53. The summed E-state index contributed by atoms with van der Waals surface area (Å²) in [6.45, 7) is 4.09. The molecule has 0 saturated heterocycles. The van der Waals surface area contributed by atoms with Gasteiger partial charge in [-0.1, -0.05) is 92.7 Å². The number of nitrogens with zero attached hydrogens (tertiary/aromatic N) is 1. The fourth-order valence-electron chi connectivity index (χ4n) is 4.33. The van der Waals surface area contributed by atoms with Crippen molar-refractivity contribution >= 4 is 38.5 Å². The van der Waals surface area contributed by atoms with Crippen LogP contribution in [0.4, 0.5) is 4.39 Å². The van der Waals surface area contributed by atoms with Gasteiger partial charge in [-0.3, -0.25) is 9.59 Å². The van der Waals surface area contributed by atoms with E-state index in [1.165, 1.54) is 11.0 Å². The van der Waals surface area contributed by atoms with Gasteiger partial charge in [0.25, 0.3) is 5.91 Å². The summed E-state index contributed by atoms with van der Waals surface area (Å²) in [7, 11) is 0. The van der Waals surface area contributed by atoms with Gasteiger partial charge in [-0.05, 0) is 50.3 Å². The molecule has 0 bridgehead atoms. The fraction of sp³-hybridized carbons (Fsp3) is 0.250. The van der Waals surface area contributed by atoms with Crippen LogP contribution in [-0.4, -0.2) is 35.9 Å². The van der Waals surface area contributed by atoms with Gasteiger partial charge in [0.1, 0.15) is 17.6 Å². The van der Waals surface area contributed by atoms with Crippen LogP contribution in [0, 0.1) is 11.7 Å². The molecular formula is C32H32BrFN2O3. The minimum absolute atomic E-state index is 0.0691. The van der Waals surface area contributed by atoms with E-state index in [-0.39, 0.29) is 31.4 Å². The second-order valence-corrected chi connectivity index (χ2v) is 10.6. The van der Waals surface area contributed by atoms with Crippen molar-refractivity contribution in [1.82, 2.24) is 10.2 Å². The van der Waals surface area contributed by atoms with Crippen molar-refractivity contribution < 1.29 is 18.7 Å². The molecule has 1 N–H and O–H groups in total. The highest BCUT2D eigenvalue weighted by Gasteiger charge is 2.31. The number of carbonyl (C=O) groups excluding carboxylic acids is 2. The van der Waals surface area contributed by atoms with Crippen molar-refractivity contribution in [2.45, 2.75) is 32.9 Å². The number of rotatable bonds is 11. The summed E-state index contributed by atoms with van der Waals surface area (Å²) in [5, 5.41) is 4.96. The third-order valence-corrected chi connectivity index (χ3v) is 7.25. The van der Waals surface area contributed by atoms with Gasteiger partial charge in [0, 0.05) is 25.1 Å².